The van der Waals surface area contributed by atoms with Crippen LogP contribution >= 0.6 is 11.6 Å². The van der Waals surface area contributed by atoms with Crippen LogP contribution in [0.25, 0.3) is 0 Å². The maximum atomic E-state index is 13.3. The Morgan fingerprint density at radius 1 is 1.18 bits per heavy atom. The summed E-state index contributed by atoms with van der Waals surface area (Å²) in [4.78, 5) is 63.9. The Balaban J connectivity index is 1.52. The molecule has 4 amide bonds. The monoisotopic (exact) mass is 582 g/mol. The normalized spacial score (nSPS) is 19.5. The fourth-order valence-corrected chi connectivity index (χ4v) is 4.48. The SMILES string of the molecule is C[C@@H]1C[C@@H](C[C@H](NC(=O)c2cc(Cl)ccc2NC(=O)c2ccn(CC(F)(F)F)n2)C(=O)C(=O)NC2CC2)C(=O)N1. The molecule has 3 atom stereocenters. The van der Waals surface area contributed by atoms with E-state index >= 15 is 0 Å². The Morgan fingerprint density at radius 3 is 2.52 bits per heavy atom. The van der Waals surface area contributed by atoms with Crippen LogP contribution in [-0.2, 0) is 20.9 Å². The van der Waals surface area contributed by atoms with Crippen LogP contribution in [0.1, 0.15) is 53.5 Å². The molecule has 1 aliphatic heterocycles. The van der Waals surface area contributed by atoms with Crippen LogP contribution < -0.4 is 21.3 Å². The summed E-state index contributed by atoms with van der Waals surface area (Å²) in [6.07, 6.45) is -1.81. The number of hydrogen-bond donors (Lipinski definition) is 4. The van der Waals surface area contributed by atoms with E-state index in [9.17, 15) is 37.1 Å². The lowest BCUT2D eigenvalue weighted by molar-refractivity contribution is -0.142. The topological polar surface area (TPSA) is 151 Å². The van der Waals surface area contributed by atoms with Gasteiger partial charge in [-0.15, -0.1) is 0 Å². The van der Waals surface area contributed by atoms with Gasteiger partial charge in [-0.25, -0.2) is 0 Å². The predicted molar refractivity (Wildman–Crippen MR) is 135 cm³/mol. The van der Waals surface area contributed by atoms with E-state index in [0.29, 0.717) is 11.1 Å². The molecule has 1 saturated carbocycles. The Bertz CT molecular complexity index is 1340. The number of nitrogens with zero attached hydrogens (tertiary/aromatic N) is 2. The molecule has 2 heterocycles. The highest BCUT2D eigenvalue weighted by Gasteiger charge is 2.38. The highest BCUT2D eigenvalue weighted by molar-refractivity contribution is 6.38. The number of hydrogen-bond acceptors (Lipinski definition) is 6. The minimum absolute atomic E-state index is 0.0712. The first-order valence-electron chi connectivity index (χ1n) is 12.5. The molecule has 1 saturated heterocycles. The van der Waals surface area contributed by atoms with Crippen molar-refractivity contribution in [3.63, 3.8) is 0 Å². The van der Waals surface area contributed by atoms with Gasteiger partial charge in [0.2, 0.25) is 11.7 Å². The minimum Gasteiger partial charge on any atom is -0.353 e. The molecule has 1 aromatic heterocycles. The van der Waals surface area contributed by atoms with Gasteiger partial charge >= 0.3 is 6.18 Å². The lowest BCUT2D eigenvalue weighted by Gasteiger charge is -2.21. The van der Waals surface area contributed by atoms with Gasteiger partial charge in [0.1, 0.15) is 6.54 Å². The molecule has 4 N–H and O–H groups in total. The lowest BCUT2D eigenvalue weighted by Crippen LogP contribution is -2.49. The number of Topliss-reactive ketones (excluding diaryl/α,β-unsaturated/α-hetero) is 1. The Labute approximate surface area is 231 Å². The maximum absolute atomic E-state index is 13.3. The van der Waals surface area contributed by atoms with Gasteiger partial charge in [0.15, 0.2) is 5.69 Å². The first-order chi connectivity index (χ1) is 18.8. The van der Waals surface area contributed by atoms with E-state index < -0.39 is 48.2 Å². The molecule has 0 unspecified atom stereocenters. The van der Waals surface area contributed by atoms with E-state index in [0.717, 1.165) is 25.1 Å². The zero-order valence-corrected chi connectivity index (χ0v) is 21.9. The number of alkyl halides is 3. The molecule has 2 aromatic rings. The number of halogens is 4. The molecule has 2 aliphatic rings. The number of amides is 4. The zero-order chi connectivity index (χ0) is 29.2. The zero-order valence-electron chi connectivity index (χ0n) is 21.2. The summed E-state index contributed by atoms with van der Waals surface area (Å²) >= 11 is 6.07. The highest BCUT2D eigenvalue weighted by atomic mass is 35.5. The molecule has 2 fully saturated rings. The molecule has 11 nitrogen and oxygen atoms in total. The third-order valence-corrected chi connectivity index (χ3v) is 6.60. The molecular weight excluding hydrogens is 557 g/mol. The molecule has 1 aromatic carbocycles. The molecular formula is C25H26ClF3N6O5. The maximum Gasteiger partial charge on any atom is 0.408 e. The number of ketones is 1. The van der Waals surface area contributed by atoms with E-state index in [2.05, 4.69) is 26.4 Å². The molecule has 40 heavy (non-hydrogen) atoms. The van der Waals surface area contributed by atoms with E-state index in [-0.39, 0.29) is 46.4 Å². The number of aromatic nitrogens is 2. The van der Waals surface area contributed by atoms with Crippen molar-refractivity contribution in [1.82, 2.24) is 25.7 Å². The standard InChI is InChI=1S/C25H26ClF3N6O5/c1-12-8-13(21(37)30-12)9-19(20(36)24(40)31-15-3-4-15)33-22(38)16-10-14(26)2-5-17(16)32-23(39)18-6-7-35(34-18)11-25(27,28)29/h2,5-7,10,12-13,15,19H,3-4,8-9,11H2,1H3,(H,30,37)(H,31,40)(H,32,39)(H,33,38)/t12-,13+,19+/m1/s1. The van der Waals surface area contributed by atoms with Crippen molar-refractivity contribution >= 4 is 46.7 Å². The fourth-order valence-electron chi connectivity index (χ4n) is 4.31. The van der Waals surface area contributed by atoms with Crippen LogP contribution in [0.2, 0.25) is 5.02 Å². The van der Waals surface area contributed by atoms with Gasteiger partial charge in [0, 0.05) is 29.2 Å². The van der Waals surface area contributed by atoms with Crippen molar-refractivity contribution in [2.24, 2.45) is 5.92 Å². The van der Waals surface area contributed by atoms with Gasteiger partial charge in [-0.05, 0) is 56.9 Å². The average molecular weight is 583 g/mol. The van der Waals surface area contributed by atoms with Crippen molar-refractivity contribution in [1.29, 1.82) is 0 Å². The summed E-state index contributed by atoms with van der Waals surface area (Å²) in [6.45, 7) is 0.399. The molecule has 1 aliphatic carbocycles. The van der Waals surface area contributed by atoms with Gasteiger partial charge in [-0.2, -0.15) is 18.3 Å². The molecule has 15 heteroatoms. The van der Waals surface area contributed by atoms with Crippen molar-refractivity contribution in [2.45, 2.75) is 63.5 Å². The smallest absolute Gasteiger partial charge is 0.353 e. The summed E-state index contributed by atoms with van der Waals surface area (Å²) in [5.74, 6) is -4.50. The third kappa shape index (κ3) is 7.58. The minimum atomic E-state index is -4.54. The van der Waals surface area contributed by atoms with E-state index in [1.807, 2.05) is 0 Å². The number of carbonyl (C=O) groups is 5. The van der Waals surface area contributed by atoms with Crippen molar-refractivity contribution in [3.05, 3.63) is 46.7 Å². The molecule has 4 rings (SSSR count). The number of nitrogens with one attached hydrogen (secondary N) is 4. The first-order valence-corrected chi connectivity index (χ1v) is 12.8. The van der Waals surface area contributed by atoms with Gasteiger partial charge in [-0.3, -0.25) is 28.7 Å². The second-order valence-corrected chi connectivity index (χ2v) is 10.3. The first kappa shape index (κ1) is 29.1. The van der Waals surface area contributed by atoms with Crippen LogP contribution in [0.3, 0.4) is 0 Å². The van der Waals surface area contributed by atoms with Gasteiger partial charge in [0.25, 0.3) is 17.7 Å². The van der Waals surface area contributed by atoms with Crippen molar-refractivity contribution in [2.75, 3.05) is 5.32 Å². The average Bonchev–Trinajstić information content (AvgIpc) is 3.46. The van der Waals surface area contributed by atoms with Crippen LogP contribution in [0, 0.1) is 5.92 Å². The molecule has 214 valence electrons. The van der Waals surface area contributed by atoms with Crippen molar-refractivity contribution < 1.29 is 37.1 Å². The van der Waals surface area contributed by atoms with E-state index in [1.54, 1.807) is 6.92 Å². The summed E-state index contributed by atoms with van der Waals surface area (Å²) < 4.78 is 38.4. The van der Waals surface area contributed by atoms with Crippen LogP contribution in [-0.4, -0.2) is 63.5 Å². The number of carbonyl (C=O) groups excluding carboxylic acids is 5. The summed E-state index contributed by atoms with van der Waals surface area (Å²) in [5.41, 5.74) is -0.588. The van der Waals surface area contributed by atoms with Gasteiger partial charge in [-0.1, -0.05) is 11.6 Å². The third-order valence-electron chi connectivity index (χ3n) is 6.36. The Morgan fingerprint density at radius 2 is 1.90 bits per heavy atom. The van der Waals surface area contributed by atoms with Crippen LogP contribution in [0.15, 0.2) is 30.5 Å². The summed E-state index contributed by atoms with van der Waals surface area (Å²) in [7, 11) is 0. The Hall–Kier alpha value is -3.94. The van der Waals surface area contributed by atoms with Crippen molar-refractivity contribution in [3.8, 4) is 0 Å². The molecule has 0 radical (unpaired) electrons. The lowest BCUT2D eigenvalue weighted by atomic mass is 9.93. The molecule has 0 spiro atoms. The van der Waals surface area contributed by atoms with Crippen LogP contribution in [0.5, 0.6) is 0 Å². The molecule has 0 bridgehead atoms. The second kappa shape index (κ2) is 11.7. The second-order valence-electron chi connectivity index (χ2n) is 9.87. The summed E-state index contributed by atoms with van der Waals surface area (Å²) in [6, 6.07) is 3.35. The highest BCUT2D eigenvalue weighted by Crippen LogP contribution is 2.25. The van der Waals surface area contributed by atoms with Gasteiger partial charge in [0.05, 0.1) is 17.3 Å². The largest absolute Gasteiger partial charge is 0.408 e. The van der Waals surface area contributed by atoms with Crippen LogP contribution in [0.4, 0.5) is 18.9 Å². The number of benzene rings is 1. The summed E-state index contributed by atoms with van der Waals surface area (Å²) in [5, 5.41) is 13.9. The number of anilines is 1. The number of rotatable bonds is 10. The van der Waals surface area contributed by atoms with E-state index in [4.69, 9.17) is 11.6 Å². The van der Waals surface area contributed by atoms with E-state index in [1.165, 1.54) is 18.2 Å². The predicted octanol–water partition coefficient (Wildman–Crippen LogP) is 2.21. The quantitative estimate of drug-likeness (QED) is 0.315. The Kier molecular flexibility index (Phi) is 8.47. The van der Waals surface area contributed by atoms with Gasteiger partial charge < -0.3 is 21.3 Å². The fraction of sp³-hybridized carbons (Fsp3) is 0.440.